The molecule has 0 aliphatic carbocycles. The molecule has 0 radical (unpaired) electrons. The van der Waals surface area contributed by atoms with Gasteiger partial charge in [-0.2, -0.15) is 0 Å². The van der Waals surface area contributed by atoms with Gasteiger partial charge in [0.1, 0.15) is 11.5 Å². The molecule has 0 saturated carbocycles. The third-order valence-electron chi connectivity index (χ3n) is 2.39. The van der Waals surface area contributed by atoms with Gasteiger partial charge < -0.3 is 19.3 Å². The Morgan fingerprint density at radius 2 is 1.69 bits per heavy atom. The molecule has 0 fully saturated rings. The lowest BCUT2D eigenvalue weighted by Crippen LogP contribution is -2.06. The number of rotatable bonds is 6. The third-order valence-corrected chi connectivity index (χ3v) is 2.39. The van der Waals surface area contributed by atoms with Gasteiger partial charge in [0.15, 0.2) is 0 Å². The number of methoxy groups -OCH3 is 3. The highest BCUT2D eigenvalue weighted by Crippen LogP contribution is 2.35. The normalized spacial score (nSPS) is 12.2. The predicted molar refractivity (Wildman–Crippen MR) is 61.0 cm³/mol. The maximum atomic E-state index is 10.0. The molecule has 1 aromatic carbocycles. The van der Waals surface area contributed by atoms with Crippen LogP contribution in [-0.2, 0) is 4.74 Å². The van der Waals surface area contributed by atoms with E-state index in [1.165, 1.54) is 0 Å². The average molecular weight is 226 g/mol. The van der Waals surface area contributed by atoms with Crippen molar-refractivity contribution in [3.8, 4) is 11.5 Å². The van der Waals surface area contributed by atoms with Gasteiger partial charge in [-0.1, -0.05) is 6.07 Å². The van der Waals surface area contributed by atoms with E-state index in [0.717, 1.165) is 0 Å². The van der Waals surface area contributed by atoms with Crippen molar-refractivity contribution in [3.05, 3.63) is 23.8 Å². The van der Waals surface area contributed by atoms with E-state index in [4.69, 9.17) is 14.2 Å². The van der Waals surface area contributed by atoms with Crippen molar-refractivity contribution in [2.75, 3.05) is 27.9 Å². The summed E-state index contributed by atoms with van der Waals surface area (Å²) in [5.74, 6) is 1.26. The first-order chi connectivity index (χ1) is 7.74. The molecule has 1 unspecified atom stereocenters. The van der Waals surface area contributed by atoms with E-state index < -0.39 is 6.10 Å². The fourth-order valence-electron chi connectivity index (χ4n) is 1.58. The molecule has 0 bridgehead atoms. The first kappa shape index (κ1) is 12.8. The summed E-state index contributed by atoms with van der Waals surface area (Å²) < 4.78 is 15.4. The molecule has 0 amide bonds. The van der Waals surface area contributed by atoms with Crippen molar-refractivity contribution in [2.45, 2.75) is 12.5 Å². The zero-order chi connectivity index (χ0) is 12.0. The monoisotopic (exact) mass is 226 g/mol. The molecule has 4 nitrogen and oxygen atoms in total. The van der Waals surface area contributed by atoms with E-state index >= 15 is 0 Å². The Hall–Kier alpha value is -1.26. The van der Waals surface area contributed by atoms with Crippen LogP contribution < -0.4 is 9.47 Å². The zero-order valence-corrected chi connectivity index (χ0v) is 9.90. The number of hydrogen-bond acceptors (Lipinski definition) is 4. The van der Waals surface area contributed by atoms with Gasteiger partial charge in [0.25, 0.3) is 0 Å². The van der Waals surface area contributed by atoms with Crippen LogP contribution in [0, 0.1) is 0 Å². The molecule has 0 aromatic heterocycles. The molecule has 0 saturated heterocycles. The van der Waals surface area contributed by atoms with Gasteiger partial charge in [0.05, 0.1) is 25.9 Å². The Morgan fingerprint density at radius 3 is 2.12 bits per heavy atom. The van der Waals surface area contributed by atoms with Crippen molar-refractivity contribution in [2.24, 2.45) is 0 Å². The Labute approximate surface area is 95.8 Å². The van der Waals surface area contributed by atoms with Crippen molar-refractivity contribution in [1.82, 2.24) is 0 Å². The van der Waals surface area contributed by atoms with Crippen molar-refractivity contribution in [1.29, 1.82) is 0 Å². The van der Waals surface area contributed by atoms with E-state index in [2.05, 4.69) is 0 Å². The summed E-state index contributed by atoms with van der Waals surface area (Å²) >= 11 is 0. The molecule has 0 aliphatic heterocycles. The molecular weight excluding hydrogens is 208 g/mol. The lowest BCUT2D eigenvalue weighted by Gasteiger charge is -2.17. The largest absolute Gasteiger partial charge is 0.496 e. The fraction of sp³-hybridized carbons (Fsp3) is 0.500. The van der Waals surface area contributed by atoms with Crippen LogP contribution in [0.1, 0.15) is 18.1 Å². The Bertz CT molecular complexity index is 303. The Balaban J connectivity index is 2.97. The highest BCUT2D eigenvalue weighted by Gasteiger charge is 2.18. The van der Waals surface area contributed by atoms with Gasteiger partial charge in [0, 0.05) is 20.1 Å². The highest BCUT2D eigenvalue weighted by molar-refractivity contribution is 5.46. The highest BCUT2D eigenvalue weighted by atomic mass is 16.5. The zero-order valence-electron chi connectivity index (χ0n) is 9.90. The lowest BCUT2D eigenvalue weighted by atomic mass is 10.0. The van der Waals surface area contributed by atoms with Crippen LogP contribution in [0.15, 0.2) is 18.2 Å². The molecule has 1 rings (SSSR count). The second-order valence-electron chi connectivity index (χ2n) is 3.37. The maximum absolute atomic E-state index is 10.0. The number of ether oxygens (including phenoxy) is 3. The van der Waals surface area contributed by atoms with E-state index in [1.807, 2.05) is 6.07 Å². The lowest BCUT2D eigenvalue weighted by molar-refractivity contribution is 0.106. The molecule has 1 aromatic rings. The van der Waals surface area contributed by atoms with Crippen molar-refractivity contribution >= 4 is 0 Å². The minimum absolute atomic E-state index is 0.488. The smallest absolute Gasteiger partial charge is 0.128 e. The van der Waals surface area contributed by atoms with E-state index in [-0.39, 0.29) is 0 Å². The van der Waals surface area contributed by atoms with Gasteiger partial charge in [-0.15, -0.1) is 0 Å². The van der Waals surface area contributed by atoms with Crippen molar-refractivity contribution < 1.29 is 19.3 Å². The SMILES string of the molecule is COCCC(O)c1c(OC)cccc1OC. The topological polar surface area (TPSA) is 47.9 Å². The molecule has 0 heterocycles. The standard InChI is InChI=1S/C12H18O4/c1-14-8-7-9(13)12-10(15-2)5-4-6-11(12)16-3/h4-6,9,13H,7-8H2,1-3H3. The van der Waals surface area contributed by atoms with Gasteiger partial charge in [-0.25, -0.2) is 0 Å². The molecule has 1 atom stereocenters. The second kappa shape index (κ2) is 6.35. The van der Waals surface area contributed by atoms with Crippen LogP contribution >= 0.6 is 0 Å². The second-order valence-corrected chi connectivity index (χ2v) is 3.37. The number of aliphatic hydroxyl groups is 1. The summed E-state index contributed by atoms with van der Waals surface area (Å²) in [6, 6.07) is 5.42. The molecule has 16 heavy (non-hydrogen) atoms. The van der Waals surface area contributed by atoms with Crippen LogP contribution in [0.4, 0.5) is 0 Å². The van der Waals surface area contributed by atoms with Gasteiger partial charge in [0.2, 0.25) is 0 Å². The molecule has 4 heteroatoms. The quantitative estimate of drug-likeness (QED) is 0.803. The maximum Gasteiger partial charge on any atom is 0.128 e. The van der Waals surface area contributed by atoms with Gasteiger partial charge >= 0.3 is 0 Å². The summed E-state index contributed by atoms with van der Waals surface area (Å²) in [6.45, 7) is 0.488. The van der Waals surface area contributed by atoms with Gasteiger partial charge in [-0.3, -0.25) is 0 Å². The van der Waals surface area contributed by atoms with Crippen LogP contribution in [0.2, 0.25) is 0 Å². The summed E-state index contributed by atoms with van der Waals surface area (Å²) in [4.78, 5) is 0. The first-order valence-corrected chi connectivity index (χ1v) is 5.12. The molecule has 1 N–H and O–H groups in total. The molecule has 0 spiro atoms. The summed E-state index contributed by atoms with van der Waals surface area (Å²) in [5, 5.41) is 10.0. The van der Waals surface area contributed by atoms with E-state index in [9.17, 15) is 5.11 Å². The van der Waals surface area contributed by atoms with Gasteiger partial charge in [-0.05, 0) is 12.1 Å². The minimum Gasteiger partial charge on any atom is -0.496 e. The summed E-state index contributed by atoms with van der Waals surface area (Å²) in [7, 11) is 4.74. The number of aliphatic hydroxyl groups excluding tert-OH is 1. The molecule has 0 aliphatic rings. The van der Waals surface area contributed by atoms with Crippen LogP contribution in [0.5, 0.6) is 11.5 Å². The van der Waals surface area contributed by atoms with E-state index in [1.54, 1.807) is 33.5 Å². The van der Waals surface area contributed by atoms with Crippen LogP contribution in [-0.4, -0.2) is 33.0 Å². The average Bonchev–Trinajstić information content (AvgIpc) is 2.34. The first-order valence-electron chi connectivity index (χ1n) is 5.12. The number of hydrogen-bond donors (Lipinski definition) is 1. The molecule has 90 valence electrons. The summed E-state index contributed by atoms with van der Waals surface area (Å²) in [5.41, 5.74) is 0.671. The Morgan fingerprint density at radius 1 is 1.12 bits per heavy atom. The van der Waals surface area contributed by atoms with E-state index in [0.29, 0.717) is 30.1 Å². The van der Waals surface area contributed by atoms with Crippen molar-refractivity contribution in [3.63, 3.8) is 0 Å². The fourth-order valence-corrected chi connectivity index (χ4v) is 1.58. The molecular formula is C12H18O4. The number of benzene rings is 1. The van der Waals surface area contributed by atoms with Crippen LogP contribution in [0.3, 0.4) is 0 Å². The predicted octanol–water partition coefficient (Wildman–Crippen LogP) is 1.77. The van der Waals surface area contributed by atoms with Crippen LogP contribution in [0.25, 0.3) is 0 Å². The third kappa shape index (κ3) is 2.87. The summed E-state index contributed by atoms with van der Waals surface area (Å²) in [6.07, 6.45) is -0.140. The minimum atomic E-state index is -0.647. The Kier molecular flexibility index (Phi) is 5.08.